The Balaban J connectivity index is 1.25. The highest BCUT2D eigenvalue weighted by Crippen LogP contribution is 2.35. The Morgan fingerprint density at radius 3 is 2.41 bits per heavy atom. The summed E-state index contributed by atoms with van der Waals surface area (Å²) in [6, 6.07) is 15.0. The average Bonchev–Trinajstić information content (AvgIpc) is 3.21. The molecule has 5 nitrogen and oxygen atoms in total. The van der Waals surface area contributed by atoms with Gasteiger partial charge in [0.2, 0.25) is 0 Å². The lowest BCUT2D eigenvalue weighted by Crippen LogP contribution is -3.13. The molecule has 2 saturated heterocycles. The first kappa shape index (κ1) is 20.1. The SMILES string of the molecule is Nc1ccccc1NC1CC[NH+](CCCC2(c3ccc(F)cc3)OCCO2)CC1. The Morgan fingerprint density at radius 1 is 1.03 bits per heavy atom. The number of hydrogen-bond donors (Lipinski definition) is 3. The lowest BCUT2D eigenvalue weighted by molar-refractivity contribution is -0.905. The van der Waals surface area contributed by atoms with E-state index >= 15 is 0 Å². The first-order valence-electron chi connectivity index (χ1n) is 10.6. The molecule has 2 fully saturated rings. The van der Waals surface area contributed by atoms with Gasteiger partial charge in [0, 0.05) is 37.3 Å². The zero-order chi connectivity index (χ0) is 20.1. The molecule has 0 radical (unpaired) electrons. The second-order valence-corrected chi connectivity index (χ2v) is 8.07. The number of halogens is 1. The number of quaternary nitrogens is 1. The number of piperidine rings is 1. The first-order chi connectivity index (χ1) is 14.1. The van der Waals surface area contributed by atoms with Gasteiger partial charge in [0.1, 0.15) is 5.82 Å². The zero-order valence-corrected chi connectivity index (χ0v) is 16.8. The van der Waals surface area contributed by atoms with Crippen molar-refractivity contribution < 1.29 is 18.8 Å². The number of benzene rings is 2. The second-order valence-electron chi connectivity index (χ2n) is 8.07. The molecule has 0 unspecified atom stereocenters. The Kier molecular flexibility index (Phi) is 6.33. The summed E-state index contributed by atoms with van der Waals surface area (Å²) in [5.74, 6) is -0.946. The largest absolute Gasteiger partial charge is 0.397 e. The van der Waals surface area contributed by atoms with Crippen molar-refractivity contribution in [3.8, 4) is 0 Å². The minimum absolute atomic E-state index is 0.236. The number of nitrogens with two attached hydrogens (primary N) is 1. The van der Waals surface area contributed by atoms with E-state index in [1.54, 1.807) is 17.0 Å². The molecule has 0 atom stereocenters. The standard InChI is InChI=1S/C23H30FN3O2/c24-19-8-6-18(7-9-19)23(28-16-17-29-23)12-3-13-27-14-10-20(11-15-27)26-22-5-2-1-4-21(22)25/h1-2,4-9,20,26H,3,10-17,25H2/p+1. The highest BCUT2D eigenvalue weighted by Gasteiger charge is 2.38. The molecule has 0 bridgehead atoms. The van der Waals surface area contributed by atoms with Crippen LogP contribution in [0.15, 0.2) is 48.5 Å². The van der Waals surface area contributed by atoms with Crippen LogP contribution in [-0.4, -0.2) is 38.9 Å². The van der Waals surface area contributed by atoms with Crippen LogP contribution in [0.4, 0.5) is 15.8 Å². The van der Waals surface area contributed by atoms with Gasteiger partial charge in [-0.05, 0) is 24.3 Å². The molecule has 4 N–H and O–H groups in total. The van der Waals surface area contributed by atoms with Crippen LogP contribution in [0, 0.1) is 5.82 Å². The van der Waals surface area contributed by atoms with Crippen LogP contribution < -0.4 is 16.0 Å². The van der Waals surface area contributed by atoms with Crippen molar-refractivity contribution in [3.63, 3.8) is 0 Å². The van der Waals surface area contributed by atoms with E-state index in [1.165, 1.54) is 12.1 Å². The van der Waals surface area contributed by atoms with Gasteiger partial charge in [0.15, 0.2) is 5.79 Å². The van der Waals surface area contributed by atoms with Gasteiger partial charge in [-0.25, -0.2) is 4.39 Å². The smallest absolute Gasteiger partial charge is 0.195 e. The third-order valence-corrected chi connectivity index (χ3v) is 6.09. The first-order valence-corrected chi connectivity index (χ1v) is 10.6. The summed E-state index contributed by atoms with van der Waals surface area (Å²) in [5, 5.41) is 3.59. The maximum Gasteiger partial charge on any atom is 0.195 e. The fourth-order valence-corrected chi connectivity index (χ4v) is 4.45. The van der Waals surface area contributed by atoms with Gasteiger partial charge in [0.05, 0.1) is 44.2 Å². The number of nitrogens with one attached hydrogen (secondary N) is 2. The molecule has 2 aromatic carbocycles. The van der Waals surface area contributed by atoms with E-state index in [0.717, 1.165) is 62.3 Å². The summed E-state index contributed by atoms with van der Waals surface area (Å²) in [6.45, 7) is 4.56. The predicted molar refractivity (Wildman–Crippen MR) is 112 cm³/mol. The van der Waals surface area contributed by atoms with Crippen molar-refractivity contribution in [2.45, 2.75) is 37.5 Å². The molecule has 0 saturated carbocycles. The number of ether oxygens (including phenoxy) is 2. The fraction of sp³-hybridized carbons (Fsp3) is 0.478. The Hall–Kier alpha value is -2.15. The molecule has 0 aromatic heterocycles. The van der Waals surface area contributed by atoms with Gasteiger partial charge in [-0.1, -0.05) is 24.3 Å². The number of hydrogen-bond acceptors (Lipinski definition) is 4. The molecular weight excluding hydrogens is 369 g/mol. The molecule has 0 aliphatic carbocycles. The molecule has 2 heterocycles. The molecule has 6 heteroatoms. The molecule has 2 aliphatic rings. The van der Waals surface area contributed by atoms with E-state index < -0.39 is 5.79 Å². The Morgan fingerprint density at radius 2 is 1.72 bits per heavy atom. The number of para-hydroxylation sites is 2. The highest BCUT2D eigenvalue weighted by molar-refractivity contribution is 5.65. The summed E-state index contributed by atoms with van der Waals surface area (Å²) >= 11 is 0. The fourth-order valence-electron chi connectivity index (χ4n) is 4.45. The van der Waals surface area contributed by atoms with Crippen LogP contribution in [0.25, 0.3) is 0 Å². The van der Waals surface area contributed by atoms with Gasteiger partial charge in [-0.3, -0.25) is 0 Å². The average molecular weight is 401 g/mol. The number of anilines is 2. The van der Waals surface area contributed by atoms with Crippen molar-refractivity contribution in [2.75, 3.05) is 43.9 Å². The van der Waals surface area contributed by atoms with Crippen molar-refractivity contribution in [3.05, 3.63) is 59.9 Å². The summed E-state index contributed by atoms with van der Waals surface area (Å²) in [7, 11) is 0. The van der Waals surface area contributed by atoms with Gasteiger partial charge in [-0.15, -0.1) is 0 Å². The molecule has 0 amide bonds. The van der Waals surface area contributed by atoms with Crippen LogP contribution in [0.3, 0.4) is 0 Å². The van der Waals surface area contributed by atoms with Crippen molar-refractivity contribution in [1.29, 1.82) is 0 Å². The number of nitrogen functional groups attached to an aromatic ring is 1. The van der Waals surface area contributed by atoms with Gasteiger partial charge in [0.25, 0.3) is 0 Å². The normalized spacial score (nSPS) is 23.8. The molecule has 156 valence electrons. The predicted octanol–water partition coefficient (Wildman–Crippen LogP) is 2.55. The van der Waals surface area contributed by atoms with Crippen LogP contribution in [-0.2, 0) is 15.3 Å². The maximum absolute atomic E-state index is 13.3. The van der Waals surface area contributed by atoms with E-state index in [0.29, 0.717) is 19.3 Å². The lowest BCUT2D eigenvalue weighted by Gasteiger charge is -2.32. The van der Waals surface area contributed by atoms with E-state index in [1.807, 2.05) is 24.3 Å². The Bertz CT molecular complexity index is 785. The maximum atomic E-state index is 13.3. The van der Waals surface area contributed by atoms with Crippen molar-refractivity contribution >= 4 is 11.4 Å². The van der Waals surface area contributed by atoms with Crippen LogP contribution >= 0.6 is 0 Å². The lowest BCUT2D eigenvalue weighted by atomic mass is 9.99. The van der Waals surface area contributed by atoms with Crippen LogP contribution in [0.5, 0.6) is 0 Å². The highest BCUT2D eigenvalue weighted by atomic mass is 19.1. The minimum atomic E-state index is -0.710. The van der Waals surface area contributed by atoms with E-state index in [4.69, 9.17) is 15.2 Å². The van der Waals surface area contributed by atoms with Gasteiger partial charge in [-0.2, -0.15) is 0 Å². The van der Waals surface area contributed by atoms with E-state index in [9.17, 15) is 4.39 Å². The van der Waals surface area contributed by atoms with Gasteiger partial charge < -0.3 is 25.4 Å². The second kappa shape index (κ2) is 9.11. The third kappa shape index (κ3) is 4.89. The monoisotopic (exact) mass is 400 g/mol. The zero-order valence-electron chi connectivity index (χ0n) is 16.8. The minimum Gasteiger partial charge on any atom is -0.397 e. The van der Waals surface area contributed by atoms with Crippen LogP contribution in [0.2, 0.25) is 0 Å². The molecule has 0 spiro atoms. The summed E-state index contributed by atoms with van der Waals surface area (Å²) < 4.78 is 25.2. The van der Waals surface area contributed by atoms with Crippen molar-refractivity contribution in [1.82, 2.24) is 0 Å². The van der Waals surface area contributed by atoms with Crippen molar-refractivity contribution in [2.24, 2.45) is 0 Å². The summed E-state index contributed by atoms with van der Waals surface area (Å²) in [6.07, 6.45) is 4.08. The molecule has 29 heavy (non-hydrogen) atoms. The quantitative estimate of drug-likeness (QED) is 0.625. The molecule has 2 aliphatic heterocycles. The summed E-state index contributed by atoms with van der Waals surface area (Å²) in [4.78, 5) is 1.62. The molecule has 4 rings (SSSR count). The molecular formula is C23H31FN3O2+. The summed E-state index contributed by atoms with van der Waals surface area (Å²) in [5.41, 5.74) is 8.81. The molecule has 2 aromatic rings. The van der Waals surface area contributed by atoms with E-state index in [2.05, 4.69) is 5.32 Å². The Labute approximate surface area is 172 Å². The number of likely N-dealkylation sites (tertiary alicyclic amines) is 1. The van der Waals surface area contributed by atoms with E-state index in [-0.39, 0.29) is 5.82 Å². The topological polar surface area (TPSA) is 61.0 Å². The van der Waals surface area contributed by atoms with Crippen LogP contribution in [0.1, 0.15) is 31.2 Å². The number of rotatable bonds is 7. The van der Waals surface area contributed by atoms with Gasteiger partial charge >= 0.3 is 0 Å². The third-order valence-electron chi connectivity index (χ3n) is 6.09.